The average molecular weight is 318 g/mol. The van der Waals surface area contributed by atoms with E-state index in [1.54, 1.807) is 18.6 Å². The minimum Gasteiger partial charge on any atom is -0.444 e. The number of nitrogens with zero attached hydrogens (tertiary/aromatic N) is 2. The molecule has 3 aromatic heterocycles. The van der Waals surface area contributed by atoms with E-state index in [9.17, 15) is 4.79 Å². The molecule has 0 atom stereocenters. The van der Waals surface area contributed by atoms with Crippen molar-refractivity contribution in [3.8, 4) is 11.3 Å². The van der Waals surface area contributed by atoms with Crippen molar-refractivity contribution in [3.05, 3.63) is 72.5 Å². The maximum atomic E-state index is 12.4. The molecule has 3 heterocycles. The number of fused-ring (bicyclic) bond motifs is 1. The third-order valence-electron chi connectivity index (χ3n) is 3.79. The van der Waals surface area contributed by atoms with Gasteiger partial charge in [0, 0.05) is 29.9 Å². The van der Waals surface area contributed by atoms with Crippen LogP contribution in [0.5, 0.6) is 0 Å². The number of nitrogens with one attached hydrogen (secondary N) is 2. The Balaban J connectivity index is 1.51. The second kappa shape index (κ2) is 6.00. The van der Waals surface area contributed by atoms with Crippen molar-refractivity contribution in [1.82, 2.24) is 20.3 Å². The number of oxazole rings is 1. The highest BCUT2D eigenvalue weighted by Crippen LogP contribution is 2.20. The van der Waals surface area contributed by atoms with Crippen LogP contribution in [0, 0.1) is 0 Å². The van der Waals surface area contributed by atoms with Gasteiger partial charge in [0.15, 0.2) is 12.2 Å². The number of pyridine rings is 1. The molecular formula is C18H14N4O2. The van der Waals surface area contributed by atoms with Crippen molar-refractivity contribution < 1.29 is 9.21 Å². The van der Waals surface area contributed by atoms with Crippen LogP contribution in [0.25, 0.3) is 22.4 Å². The summed E-state index contributed by atoms with van der Waals surface area (Å²) in [6.07, 6.45) is 6.43. The molecule has 6 heteroatoms. The SMILES string of the molecule is O=C(NCc1cccc(-c2cnco2)c1)c1c[nH]c2ncccc12. The van der Waals surface area contributed by atoms with Gasteiger partial charge in [0.2, 0.25) is 0 Å². The summed E-state index contributed by atoms with van der Waals surface area (Å²) in [5, 5.41) is 3.74. The molecule has 0 bridgehead atoms. The molecule has 6 nitrogen and oxygen atoms in total. The quantitative estimate of drug-likeness (QED) is 0.605. The fourth-order valence-electron chi connectivity index (χ4n) is 2.61. The monoisotopic (exact) mass is 318 g/mol. The van der Waals surface area contributed by atoms with Gasteiger partial charge < -0.3 is 14.7 Å². The standard InChI is InChI=1S/C18H14N4O2/c23-18(15-9-21-17-14(15)5-2-6-20-17)22-8-12-3-1-4-13(7-12)16-10-19-11-24-16/h1-7,9-11H,8H2,(H,20,21)(H,22,23). The first-order valence-corrected chi connectivity index (χ1v) is 7.49. The van der Waals surface area contributed by atoms with Crippen molar-refractivity contribution >= 4 is 16.9 Å². The maximum absolute atomic E-state index is 12.4. The Morgan fingerprint density at radius 1 is 1.25 bits per heavy atom. The van der Waals surface area contributed by atoms with Gasteiger partial charge in [0.1, 0.15) is 5.65 Å². The fraction of sp³-hybridized carbons (Fsp3) is 0.0556. The van der Waals surface area contributed by atoms with Crippen LogP contribution < -0.4 is 5.32 Å². The zero-order valence-electron chi connectivity index (χ0n) is 12.7. The highest BCUT2D eigenvalue weighted by atomic mass is 16.3. The zero-order chi connectivity index (χ0) is 16.4. The topological polar surface area (TPSA) is 83.8 Å². The van der Waals surface area contributed by atoms with E-state index in [1.807, 2.05) is 36.4 Å². The molecule has 4 rings (SSSR count). The molecule has 0 saturated heterocycles. The number of aromatic nitrogens is 3. The van der Waals surface area contributed by atoms with Crippen LogP contribution in [0.2, 0.25) is 0 Å². The number of rotatable bonds is 4. The number of hydrogen-bond acceptors (Lipinski definition) is 4. The highest BCUT2D eigenvalue weighted by molar-refractivity contribution is 6.05. The van der Waals surface area contributed by atoms with E-state index < -0.39 is 0 Å². The maximum Gasteiger partial charge on any atom is 0.253 e. The molecule has 2 N–H and O–H groups in total. The van der Waals surface area contributed by atoms with E-state index >= 15 is 0 Å². The molecule has 0 aliphatic heterocycles. The van der Waals surface area contributed by atoms with Crippen molar-refractivity contribution in [2.24, 2.45) is 0 Å². The Hall–Kier alpha value is -3.41. The Bertz CT molecular complexity index is 989. The molecule has 0 saturated carbocycles. The largest absolute Gasteiger partial charge is 0.444 e. The van der Waals surface area contributed by atoms with Crippen molar-refractivity contribution in [1.29, 1.82) is 0 Å². The first-order valence-electron chi connectivity index (χ1n) is 7.49. The first kappa shape index (κ1) is 14.2. The molecule has 0 radical (unpaired) electrons. The summed E-state index contributed by atoms with van der Waals surface area (Å²) >= 11 is 0. The molecule has 0 unspecified atom stereocenters. The minimum absolute atomic E-state index is 0.140. The van der Waals surface area contributed by atoms with Gasteiger partial charge in [0.05, 0.1) is 11.8 Å². The lowest BCUT2D eigenvalue weighted by Crippen LogP contribution is -2.22. The number of carbonyl (C=O) groups is 1. The number of H-pyrrole nitrogens is 1. The van der Waals surface area contributed by atoms with Crippen LogP contribution in [0.4, 0.5) is 0 Å². The number of hydrogen-bond donors (Lipinski definition) is 2. The summed E-state index contributed by atoms with van der Waals surface area (Å²) in [6, 6.07) is 11.5. The molecule has 0 aliphatic carbocycles. The molecule has 0 spiro atoms. The lowest BCUT2D eigenvalue weighted by molar-refractivity contribution is 0.0952. The third-order valence-corrected chi connectivity index (χ3v) is 3.79. The van der Waals surface area contributed by atoms with Gasteiger partial charge in [-0.05, 0) is 23.8 Å². The normalized spacial score (nSPS) is 10.8. The van der Waals surface area contributed by atoms with Gasteiger partial charge in [-0.25, -0.2) is 9.97 Å². The van der Waals surface area contributed by atoms with Crippen LogP contribution >= 0.6 is 0 Å². The van der Waals surface area contributed by atoms with Crippen molar-refractivity contribution in [2.45, 2.75) is 6.54 Å². The molecule has 1 amide bonds. The van der Waals surface area contributed by atoms with Crippen LogP contribution in [0.3, 0.4) is 0 Å². The second-order valence-electron chi connectivity index (χ2n) is 5.35. The molecule has 24 heavy (non-hydrogen) atoms. The van der Waals surface area contributed by atoms with E-state index in [-0.39, 0.29) is 5.91 Å². The van der Waals surface area contributed by atoms with Crippen molar-refractivity contribution in [2.75, 3.05) is 0 Å². The van der Waals surface area contributed by atoms with Crippen LogP contribution in [-0.4, -0.2) is 20.9 Å². The summed E-state index contributed by atoms with van der Waals surface area (Å²) in [5.41, 5.74) is 3.20. The van der Waals surface area contributed by atoms with Gasteiger partial charge in [-0.3, -0.25) is 4.79 Å². The molecule has 118 valence electrons. The van der Waals surface area contributed by atoms with Gasteiger partial charge >= 0.3 is 0 Å². The lowest BCUT2D eigenvalue weighted by atomic mass is 10.1. The van der Waals surface area contributed by atoms with E-state index in [0.717, 1.165) is 16.5 Å². The first-order chi connectivity index (χ1) is 11.8. The molecule has 4 aromatic rings. The Labute approximate surface area is 137 Å². The summed E-state index contributed by atoms with van der Waals surface area (Å²) in [5.74, 6) is 0.560. The highest BCUT2D eigenvalue weighted by Gasteiger charge is 2.12. The number of amides is 1. The van der Waals surface area contributed by atoms with E-state index in [2.05, 4.69) is 20.3 Å². The summed E-state index contributed by atoms with van der Waals surface area (Å²) < 4.78 is 5.30. The average Bonchev–Trinajstić information content (AvgIpc) is 3.29. The second-order valence-corrected chi connectivity index (χ2v) is 5.35. The summed E-state index contributed by atoms with van der Waals surface area (Å²) in [4.78, 5) is 23.5. The molecular weight excluding hydrogens is 304 g/mol. The number of carbonyl (C=O) groups excluding carboxylic acids is 1. The smallest absolute Gasteiger partial charge is 0.253 e. The van der Waals surface area contributed by atoms with E-state index in [0.29, 0.717) is 23.5 Å². The predicted molar refractivity (Wildman–Crippen MR) is 89.2 cm³/mol. The number of benzene rings is 1. The van der Waals surface area contributed by atoms with Gasteiger partial charge in [0.25, 0.3) is 5.91 Å². The van der Waals surface area contributed by atoms with E-state index in [1.165, 1.54) is 6.39 Å². The molecule has 1 aromatic carbocycles. The Morgan fingerprint density at radius 3 is 3.08 bits per heavy atom. The lowest BCUT2D eigenvalue weighted by Gasteiger charge is -2.06. The van der Waals surface area contributed by atoms with Crippen LogP contribution in [-0.2, 0) is 6.54 Å². The third kappa shape index (κ3) is 2.65. The van der Waals surface area contributed by atoms with Crippen LogP contribution in [0.15, 0.2) is 65.8 Å². The van der Waals surface area contributed by atoms with Crippen LogP contribution in [0.1, 0.15) is 15.9 Å². The Kier molecular flexibility index (Phi) is 3.55. The van der Waals surface area contributed by atoms with Crippen molar-refractivity contribution in [3.63, 3.8) is 0 Å². The van der Waals surface area contributed by atoms with E-state index in [4.69, 9.17) is 4.42 Å². The minimum atomic E-state index is -0.140. The number of aromatic amines is 1. The summed E-state index contributed by atoms with van der Waals surface area (Å²) in [6.45, 7) is 0.424. The Morgan fingerprint density at radius 2 is 2.21 bits per heavy atom. The van der Waals surface area contributed by atoms with Gasteiger partial charge in [-0.15, -0.1) is 0 Å². The fourth-order valence-corrected chi connectivity index (χ4v) is 2.61. The van der Waals surface area contributed by atoms with Gasteiger partial charge in [-0.2, -0.15) is 0 Å². The predicted octanol–water partition coefficient (Wildman–Crippen LogP) is 3.15. The summed E-state index contributed by atoms with van der Waals surface area (Å²) in [7, 11) is 0. The van der Waals surface area contributed by atoms with Gasteiger partial charge in [-0.1, -0.05) is 18.2 Å². The molecule has 0 aliphatic rings. The zero-order valence-corrected chi connectivity index (χ0v) is 12.7. The molecule has 0 fully saturated rings.